The lowest BCUT2D eigenvalue weighted by atomic mass is 10.2. The summed E-state index contributed by atoms with van der Waals surface area (Å²) >= 11 is 11.9. The number of carbonyl (C=O) groups excluding carboxylic acids is 1. The summed E-state index contributed by atoms with van der Waals surface area (Å²) in [5.74, 6) is -0.449. The summed E-state index contributed by atoms with van der Waals surface area (Å²) in [7, 11) is 1.76. The molecule has 0 radical (unpaired) electrons. The minimum Gasteiger partial charge on any atom is -0.316 e. The summed E-state index contributed by atoms with van der Waals surface area (Å²) in [6, 6.07) is 13.7. The van der Waals surface area contributed by atoms with E-state index >= 15 is 0 Å². The first-order chi connectivity index (χ1) is 11.9. The molecule has 7 heteroatoms. The molecule has 0 atom stereocenters. The number of carbonyl (C=O) groups is 1. The minimum absolute atomic E-state index is 0.215. The molecule has 0 saturated carbocycles. The Hall–Kier alpha value is -2.50. The Morgan fingerprint density at radius 3 is 2.24 bits per heavy atom. The van der Waals surface area contributed by atoms with E-state index in [4.69, 9.17) is 23.2 Å². The van der Waals surface area contributed by atoms with E-state index in [9.17, 15) is 9.59 Å². The van der Waals surface area contributed by atoms with Gasteiger partial charge in [0.05, 0.1) is 11.4 Å². The molecule has 0 aliphatic heterocycles. The summed E-state index contributed by atoms with van der Waals surface area (Å²) in [5, 5.41) is 3.37. The molecule has 128 valence electrons. The molecule has 0 aliphatic carbocycles. The number of hydrogen-bond acceptors (Lipinski definition) is 2. The Morgan fingerprint density at radius 1 is 1.04 bits per heavy atom. The van der Waals surface area contributed by atoms with Crippen molar-refractivity contribution in [3.8, 4) is 5.69 Å². The van der Waals surface area contributed by atoms with Crippen LogP contribution in [-0.2, 0) is 7.05 Å². The van der Waals surface area contributed by atoms with Gasteiger partial charge in [0.2, 0.25) is 0 Å². The zero-order valence-electron chi connectivity index (χ0n) is 13.6. The first-order valence-electron chi connectivity index (χ1n) is 7.50. The normalized spacial score (nSPS) is 10.7. The standard InChI is InChI=1S/C18H15Cl2N3O2/c1-11-16(21-17(24)12-8-13(19)10-14(20)9-12)18(25)23(22(11)2)15-6-4-3-5-7-15/h3-10H,1-2H3,(H,21,24). The molecule has 1 aromatic heterocycles. The Labute approximate surface area is 154 Å². The van der Waals surface area contributed by atoms with Gasteiger partial charge in [-0.05, 0) is 37.3 Å². The second kappa shape index (κ2) is 6.78. The van der Waals surface area contributed by atoms with E-state index in [0.717, 1.165) is 0 Å². The fourth-order valence-electron chi connectivity index (χ4n) is 2.58. The highest BCUT2D eigenvalue weighted by atomic mass is 35.5. The van der Waals surface area contributed by atoms with E-state index in [-0.39, 0.29) is 16.8 Å². The molecule has 5 nitrogen and oxygen atoms in total. The zero-order chi connectivity index (χ0) is 18.1. The number of nitrogens with one attached hydrogen (secondary N) is 1. The number of amides is 1. The summed E-state index contributed by atoms with van der Waals surface area (Å²) in [6.45, 7) is 1.77. The van der Waals surface area contributed by atoms with Crippen molar-refractivity contribution in [3.05, 3.63) is 80.2 Å². The molecule has 3 rings (SSSR count). The van der Waals surface area contributed by atoms with Gasteiger partial charge in [0.15, 0.2) is 0 Å². The van der Waals surface area contributed by atoms with Crippen LogP contribution in [0.1, 0.15) is 16.1 Å². The van der Waals surface area contributed by atoms with Gasteiger partial charge in [-0.25, -0.2) is 4.68 Å². The van der Waals surface area contributed by atoms with Gasteiger partial charge in [-0.3, -0.25) is 14.3 Å². The molecule has 0 unspecified atom stereocenters. The summed E-state index contributed by atoms with van der Waals surface area (Å²) in [5.41, 5.74) is 1.53. The van der Waals surface area contributed by atoms with Crippen molar-refractivity contribution < 1.29 is 4.79 Å². The Balaban J connectivity index is 2.01. The number of rotatable bonds is 3. The van der Waals surface area contributed by atoms with E-state index in [1.54, 1.807) is 18.7 Å². The van der Waals surface area contributed by atoms with Gasteiger partial charge in [0, 0.05) is 22.7 Å². The predicted molar refractivity (Wildman–Crippen MR) is 100 cm³/mol. The molecule has 1 amide bonds. The monoisotopic (exact) mass is 375 g/mol. The number of hydrogen-bond donors (Lipinski definition) is 1. The van der Waals surface area contributed by atoms with Crippen LogP contribution < -0.4 is 10.9 Å². The van der Waals surface area contributed by atoms with Crippen LogP contribution in [0.3, 0.4) is 0 Å². The number of halogens is 2. The molecule has 0 fully saturated rings. The average Bonchev–Trinajstić information content (AvgIpc) is 2.78. The van der Waals surface area contributed by atoms with Crippen LogP contribution in [0.4, 0.5) is 5.69 Å². The first-order valence-corrected chi connectivity index (χ1v) is 8.25. The third-order valence-corrected chi connectivity index (χ3v) is 4.35. The van der Waals surface area contributed by atoms with Crippen LogP contribution in [0, 0.1) is 6.92 Å². The maximum atomic E-state index is 12.8. The van der Waals surface area contributed by atoms with Gasteiger partial charge < -0.3 is 5.32 Å². The summed E-state index contributed by atoms with van der Waals surface area (Å²) in [6.07, 6.45) is 0. The molecule has 1 N–H and O–H groups in total. The van der Waals surface area contributed by atoms with Crippen LogP contribution in [0.15, 0.2) is 53.3 Å². The van der Waals surface area contributed by atoms with Crippen molar-refractivity contribution in [1.29, 1.82) is 0 Å². The van der Waals surface area contributed by atoms with Crippen LogP contribution in [0.25, 0.3) is 5.69 Å². The summed E-state index contributed by atoms with van der Waals surface area (Å²) < 4.78 is 3.19. The molecular weight excluding hydrogens is 361 g/mol. The highest BCUT2D eigenvalue weighted by molar-refractivity contribution is 6.35. The zero-order valence-corrected chi connectivity index (χ0v) is 15.1. The van der Waals surface area contributed by atoms with E-state index in [1.807, 2.05) is 30.3 Å². The SMILES string of the molecule is Cc1c(NC(=O)c2cc(Cl)cc(Cl)c2)c(=O)n(-c2ccccc2)n1C. The number of aromatic nitrogens is 2. The quantitative estimate of drug-likeness (QED) is 0.750. The van der Waals surface area contributed by atoms with Gasteiger partial charge in [-0.1, -0.05) is 41.4 Å². The first kappa shape index (κ1) is 17.3. The van der Waals surface area contributed by atoms with Crippen molar-refractivity contribution >= 4 is 34.8 Å². The maximum absolute atomic E-state index is 12.8. The van der Waals surface area contributed by atoms with E-state index in [1.165, 1.54) is 22.9 Å². The Morgan fingerprint density at radius 2 is 1.64 bits per heavy atom. The smallest absolute Gasteiger partial charge is 0.295 e. The fourth-order valence-corrected chi connectivity index (χ4v) is 3.11. The predicted octanol–water partition coefficient (Wildman–Crippen LogP) is 4.04. The van der Waals surface area contributed by atoms with Crippen molar-refractivity contribution in [1.82, 2.24) is 9.36 Å². The minimum atomic E-state index is -0.449. The fraction of sp³-hybridized carbons (Fsp3) is 0.111. The van der Waals surface area contributed by atoms with Crippen molar-refractivity contribution in [2.45, 2.75) is 6.92 Å². The second-order valence-electron chi connectivity index (χ2n) is 5.55. The van der Waals surface area contributed by atoms with E-state index in [0.29, 0.717) is 21.4 Å². The molecule has 2 aromatic carbocycles. The molecule has 0 spiro atoms. The van der Waals surface area contributed by atoms with Crippen LogP contribution >= 0.6 is 23.2 Å². The van der Waals surface area contributed by atoms with Gasteiger partial charge in [0.25, 0.3) is 11.5 Å². The third-order valence-electron chi connectivity index (χ3n) is 3.92. The van der Waals surface area contributed by atoms with Crippen LogP contribution in [0.2, 0.25) is 10.0 Å². The average molecular weight is 376 g/mol. The van der Waals surface area contributed by atoms with E-state index < -0.39 is 5.91 Å². The van der Waals surface area contributed by atoms with Crippen LogP contribution in [-0.4, -0.2) is 15.3 Å². The Bertz CT molecular complexity index is 987. The lowest BCUT2D eigenvalue weighted by Gasteiger charge is -2.07. The lowest BCUT2D eigenvalue weighted by molar-refractivity contribution is 0.102. The van der Waals surface area contributed by atoms with E-state index in [2.05, 4.69) is 5.32 Å². The highest BCUT2D eigenvalue weighted by Crippen LogP contribution is 2.20. The van der Waals surface area contributed by atoms with Crippen molar-refractivity contribution in [3.63, 3.8) is 0 Å². The number of para-hydroxylation sites is 1. The molecule has 0 saturated heterocycles. The van der Waals surface area contributed by atoms with Gasteiger partial charge in [0.1, 0.15) is 5.69 Å². The molecule has 0 bridgehead atoms. The topological polar surface area (TPSA) is 56.0 Å². The third kappa shape index (κ3) is 3.34. The summed E-state index contributed by atoms with van der Waals surface area (Å²) in [4.78, 5) is 25.3. The van der Waals surface area contributed by atoms with Crippen LogP contribution in [0.5, 0.6) is 0 Å². The van der Waals surface area contributed by atoms with Gasteiger partial charge in [-0.15, -0.1) is 0 Å². The number of nitrogens with zero attached hydrogens (tertiary/aromatic N) is 2. The number of anilines is 1. The Kier molecular flexibility index (Phi) is 4.70. The molecule has 1 heterocycles. The number of benzene rings is 2. The molecule has 3 aromatic rings. The lowest BCUT2D eigenvalue weighted by Crippen LogP contribution is -2.23. The molecule has 0 aliphatic rings. The molecular formula is C18H15Cl2N3O2. The molecule has 25 heavy (non-hydrogen) atoms. The maximum Gasteiger partial charge on any atom is 0.295 e. The van der Waals surface area contributed by atoms with Crippen molar-refractivity contribution in [2.24, 2.45) is 7.05 Å². The largest absolute Gasteiger partial charge is 0.316 e. The highest BCUT2D eigenvalue weighted by Gasteiger charge is 2.19. The van der Waals surface area contributed by atoms with Gasteiger partial charge in [-0.2, -0.15) is 0 Å². The second-order valence-corrected chi connectivity index (χ2v) is 6.42. The van der Waals surface area contributed by atoms with Gasteiger partial charge >= 0.3 is 0 Å². The van der Waals surface area contributed by atoms with Crippen molar-refractivity contribution in [2.75, 3.05) is 5.32 Å².